The molecule has 1 saturated carbocycles. The molecule has 2 atom stereocenters. The van der Waals surface area contributed by atoms with Crippen molar-refractivity contribution in [3.05, 3.63) is 59.9 Å². The summed E-state index contributed by atoms with van der Waals surface area (Å²) in [5.41, 5.74) is 1.76. The number of hydrogen-bond donors (Lipinski definition) is 0. The van der Waals surface area contributed by atoms with Crippen molar-refractivity contribution in [2.75, 3.05) is 20.1 Å². The number of aryl methyl sites for hydroxylation is 1. The molecular formula is C22H27N3O3S. The summed E-state index contributed by atoms with van der Waals surface area (Å²) in [5.74, 6) is -0.0129. The van der Waals surface area contributed by atoms with Crippen LogP contribution in [0.4, 0.5) is 0 Å². The van der Waals surface area contributed by atoms with E-state index in [1.165, 1.54) is 0 Å². The van der Waals surface area contributed by atoms with Gasteiger partial charge in [-0.1, -0.05) is 25.1 Å². The van der Waals surface area contributed by atoms with Gasteiger partial charge in [-0.05, 0) is 54.5 Å². The van der Waals surface area contributed by atoms with Gasteiger partial charge in [-0.25, -0.2) is 8.42 Å². The van der Waals surface area contributed by atoms with Crippen molar-refractivity contribution in [2.24, 2.45) is 11.3 Å². The smallest absolute Gasteiger partial charge is 0.243 e. The van der Waals surface area contributed by atoms with Gasteiger partial charge in [0.2, 0.25) is 15.9 Å². The second kappa shape index (κ2) is 7.54. The van der Waals surface area contributed by atoms with Crippen LogP contribution in [0.1, 0.15) is 31.0 Å². The predicted octanol–water partition coefficient (Wildman–Crippen LogP) is 2.70. The fraction of sp³-hybridized carbons (Fsp3) is 0.455. The molecule has 2 fully saturated rings. The second-order valence-corrected chi connectivity index (χ2v) is 10.2. The van der Waals surface area contributed by atoms with Gasteiger partial charge in [0, 0.05) is 32.3 Å². The molecular weight excluding hydrogens is 386 g/mol. The zero-order chi connectivity index (χ0) is 20.6. The largest absolute Gasteiger partial charge is 0.340 e. The summed E-state index contributed by atoms with van der Waals surface area (Å²) >= 11 is 0. The normalized spacial score (nSPS) is 24.0. The minimum absolute atomic E-state index is 0.0854. The topological polar surface area (TPSA) is 70.6 Å². The Morgan fingerprint density at radius 3 is 2.66 bits per heavy atom. The molecule has 1 aliphatic carbocycles. The highest BCUT2D eigenvalue weighted by Crippen LogP contribution is 2.59. The molecule has 1 aromatic heterocycles. The van der Waals surface area contributed by atoms with Crippen LogP contribution in [-0.4, -0.2) is 48.7 Å². The van der Waals surface area contributed by atoms with E-state index in [0.29, 0.717) is 24.5 Å². The van der Waals surface area contributed by atoms with Gasteiger partial charge < -0.3 is 4.90 Å². The molecule has 1 aliphatic heterocycles. The third kappa shape index (κ3) is 3.81. The van der Waals surface area contributed by atoms with Crippen LogP contribution in [0, 0.1) is 11.3 Å². The Balaban J connectivity index is 1.41. The third-order valence-corrected chi connectivity index (χ3v) is 8.17. The number of hydrogen-bond acceptors (Lipinski definition) is 4. The van der Waals surface area contributed by atoms with Crippen LogP contribution in [0.15, 0.2) is 53.6 Å². The van der Waals surface area contributed by atoms with E-state index in [9.17, 15) is 13.2 Å². The van der Waals surface area contributed by atoms with E-state index in [-0.39, 0.29) is 17.2 Å². The Labute approximate surface area is 172 Å². The summed E-state index contributed by atoms with van der Waals surface area (Å²) in [6.07, 6.45) is 4.11. The minimum Gasteiger partial charge on any atom is -0.340 e. The average molecular weight is 414 g/mol. The molecule has 0 unspecified atom stereocenters. The molecule has 29 heavy (non-hydrogen) atoms. The molecule has 0 N–H and O–H groups in total. The number of amides is 1. The molecule has 0 radical (unpaired) electrons. The molecule has 1 spiro atoms. The Bertz CT molecular complexity index is 992. The zero-order valence-corrected chi connectivity index (χ0v) is 17.7. The van der Waals surface area contributed by atoms with Gasteiger partial charge in [0.25, 0.3) is 0 Å². The van der Waals surface area contributed by atoms with Crippen LogP contribution in [-0.2, 0) is 27.8 Å². The van der Waals surface area contributed by atoms with E-state index in [2.05, 4.69) is 4.98 Å². The quantitative estimate of drug-likeness (QED) is 0.730. The van der Waals surface area contributed by atoms with Crippen molar-refractivity contribution in [3.63, 3.8) is 0 Å². The molecule has 1 amide bonds. The van der Waals surface area contributed by atoms with Gasteiger partial charge in [-0.2, -0.15) is 4.31 Å². The predicted molar refractivity (Wildman–Crippen MR) is 110 cm³/mol. The number of aromatic nitrogens is 1. The SMILES string of the molecule is CCc1ccc(S(=O)(=O)N2CC[C@@]3(C[C@@H]3C(=O)N(C)Cc3ccccn3)C2)cc1. The molecule has 4 rings (SSSR count). The van der Waals surface area contributed by atoms with Gasteiger partial charge in [-0.15, -0.1) is 0 Å². The summed E-state index contributed by atoms with van der Waals surface area (Å²) in [4.78, 5) is 19.2. The summed E-state index contributed by atoms with van der Waals surface area (Å²) < 4.78 is 27.6. The Morgan fingerprint density at radius 2 is 2.00 bits per heavy atom. The average Bonchev–Trinajstić information content (AvgIpc) is 3.26. The fourth-order valence-electron chi connectivity index (χ4n) is 4.33. The molecule has 2 heterocycles. The maximum atomic E-state index is 13.0. The number of benzene rings is 1. The molecule has 0 bridgehead atoms. The van der Waals surface area contributed by atoms with Crippen LogP contribution in [0.25, 0.3) is 0 Å². The molecule has 1 saturated heterocycles. The lowest BCUT2D eigenvalue weighted by molar-refractivity contribution is -0.132. The number of pyridine rings is 1. The zero-order valence-electron chi connectivity index (χ0n) is 16.9. The maximum Gasteiger partial charge on any atom is 0.243 e. The van der Waals surface area contributed by atoms with E-state index in [1.807, 2.05) is 37.3 Å². The standard InChI is InChI=1S/C22H27N3O3S/c1-3-17-7-9-19(10-8-17)29(27,28)25-13-11-22(16-25)14-20(22)21(26)24(2)15-18-6-4-5-12-23-18/h4-10,12,20H,3,11,13-16H2,1-2H3/t20-,22-/m1/s1. The molecule has 1 aromatic carbocycles. The van der Waals surface area contributed by atoms with Crippen molar-refractivity contribution < 1.29 is 13.2 Å². The van der Waals surface area contributed by atoms with E-state index in [4.69, 9.17) is 0 Å². The van der Waals surface area contributed by atoms with Gasteiger partial charge in [-0.3, -0.25) is 9.78 Å². The lowest BCUT2D eigenvalue weighted by Gasteiger charge is -2.19. The van der Waals surface area contributed by atoms with Crippen molar-refractivity contribution in [1.29, 1.82) is 0 Å². The van der Waals surface area contributed by atoms with E-state index in [0.717, 1.165) is 30.5 Å². The first-order chi connectivity index (χ1) is 13.9. The third-order valence-electron chi connectivity index (χ3n) is 6.31. The minimum atomic E-state index is -3.51. The number of carbonyl (C=O) groups excluding carboxylic acids is 1. The van der Waals surface area contributed by atoms with E-state index in [1.54, 1.807) is 34.6 Å². The Kier molecular flexibility index (Phi) is 5.21. The number of rotatable bonds is 6. The maximum absolute atomic E-state index is 13.0. The number of nitrogens with zero attached hydrogens (tertiary/aromatic N) is 3. The summed E-state index contributed by atoms with van der Waals surface area (Å²) in [6.45, 7) is 3.42. The summed E-state index contributed by atoms with van der Waals surface area (Å²) in [5, 5.41) is 0. The summed E-state index contributed by atoms with van der Waals surface area (Å²) in [6, 6.07) is 12.8. The first-order valence-corrected chi connectivity index (χ1v) is 11.5. The first kappa shape index (κ1) is 20.0. The summed E-state index contributed by atoms with van der Waals surface area (Å²) in [7, 11) is -1.72. The molecule has 7 heteroatoms. The van der Waals surface area contributed by atoms with E-state index >= 15 is 0 Å². The van der Waals surface area contributed by atoms with Crippen molar-refractivity contribution in [2.45, 2.75) is 37.6 Å². The van der Waals surface area contributed by atoms with Crippen molar-refractivity contribution in [1.82, 2.24) is 14.2 Å². The highest BCUT2D eigenvalue weighted by atomic mass is 32.2. The molecule has 2 aliphatic rings. The molecule has 6 nitrogen and oxygen atoms in total. The van der Waals surface area contributed by atoms with Gasteiger partial charge >= 0.3 is 0 Å². The fourth-order valence-corrected chi connectivity index (χ4v) is 5.87. The number of carbonyl (C=O) groups is 1. The van der Waals surface area contributed by atoms with Crippen LogP contribution in [0.3, 0.4) is 0 Å². The monoisotopic (exact) mass is 413 g/mol. The first-order valence-electron chi connectivity index (χ1n) is 10.1. The highest BCUT2D eigenvalue weighted by Gasteiger charge is 2.62. The van der Waals surface area contributed by atoms with Crippen LogP contribution in [0.2, 0.25) is 0 Å². The lowest BCUT2D eigenvalue weighted by Crippen LogP contribution is -2.32. The Morgan fingerprint density at radius 1 is 1.24 bits per heavy atom. The van der Waals surface area contributed by atoms with Gasteiger partial charge in [0.05, 0.1) is 17.1 Å². The van der Waals surface area contributed by atoms with Crippen LogP contribution < -0.4 is 0 Å². The van der Waals surface area contributed by atoms with Crippen molar-refractivity contribution >= 4 is 15.9 Å². The number of sulfonamides is 1. The van der Waals surface area contributed by atoms with Crippen LogP contribution in [0.5, 0.6) is 0 Å². The second-order valence-electron chi connectivity index (χ2n) is 8.22. The molecule has 2 aromatic rings. The lowest BCUT2D eigenvalue weighted by atomic mass is 10.0. The highest BCUT2D eigenvalue weighted by molar-refractivity contribution is 7.89. The molecule has 154 valence electrons. The van der Waals surface area contributed by atoms with Gasteiger partial charge in [0.15, 0.2) is 0 Å². The Hall–Kier alpha value is -2.25. The van der Waals surface area contributed by atoms with Crippen LogP contribution >= 0.6 is 0 Å². The van der Waals surface area contributed by atoms with Gasteiger partial charge in [0.1, 0.15) is 0 Å². The van der Waals surface area contributed by atoms with Crippen molar-refractivity contribution in [3.8, 4) is 0 Å². The van der Waals surface area contributed by atoms with E-state index < -0.39 is 10.0 Å².